The highest BCUT2D eigenvalue weighted by Gasteiger charge is 2.24. The summed E-state index contributed by atoms with van der Waals surface area (Å²) in [5.41, 5.74) is 3.07. The normalized spacial score (nSPS) is 14.3. The largest absolute Gasteiger partial charge is 0.339 e. The average Bonchev–Trinajstić information content (AvgIpc) is 2.62. The highest BCUT2D eigenvalue weighted by molar-refractivity contribution is 5.93. The van der Waals surface area contributed by atoms with Crippen LogP contribution in [0.5, 0.6) is 0 Å². The Kier molecular flexibility index (Phi) is 5.16. The van der Waals surface area contributed by atoms with Gasteiger partial charge in [0, 0.05) is 44.5 Å². The smallest absolute Gasteiger partial charge is 0.272 e. The summed E-state index contributed by atoms with van der Waals surface area (Å²) in [5, 5.41) is 3.19. The molecule has 7 heteroatoms. The van der Waals surface area contributed by atoms with E-state index in [9.17, 15) is 9.59 Å². The summed E-state index contributed by atoms with van der Waals surface area (Å²) in [6, 6.07) is 9.55. The number of aromatic nitrogens is 2. The minimum Gasteiger partial charge on any atom is -0.339 e. The molecule has 1 saturated heterocycles. The van der Waals surface area contributed by atoms with Gasteiger partial charge in [0.1, 0.15) is 5.69 Å². The molecular weight excluding hydrogens is 330 g/mol. The molecular formula is C19H23N5O2. The molecule has 0 radical (unpaired) electrons. The second-order valence-electron chi connectivity index (χ2n) is 6.46. The molecule has 2 heterocycles. The molecule has 1 aromatic heterocycles. The van der Waals surface area contributed by atoms with Gasteiger partial charge in [-0.3, -0.25) is 9.59 Å². The number of anilines is 2. The van der Waals surface area contributed by atoms with Gasteiger partial charge >= 0.3 is 0 Å². The molecule has 1 fully saturated rings. The van der Waals surface area contributed by atoms with Crippen LogP contribution in [-0.4, -0.2) is 57.8 Å². The molecule has 0 atom stereocenters. The van der Waals surface area contributed by atoms with Crippen LogP contribution in [0.3, 0.4) is 0 Å². The minimum absolute atomic E-state index is 0.0414. The van der Waals surface area contributed by atoms with Crippen LogP contribution in [0.15, 0.2) is 30.3 Å². The first-order chi connectivity index (χ1) is 12.4. The Morgan fingerprint density at radius 3 is 2.31 bits per heavy atom. The zero-order chi connectivity index (χ0) is 18.7. The van der Waals surface area contributed by atoms with Gasteiger partial charge in [0.15, 0.2) is 0 Å². The number of hydrogen-bond donors (Lipinski definition) is 1. The number of benzene rings is 1. The molecule has 0 bridgehead atoms. The van der Waals surface area contributed by atoms with Crippen LogP contribution < -0.4 is 5.32 Å². The molecule has 1 N–H and O–H groups in total. The lowest BCUT2D eigenvalue weighted by Gasteiger charge is -2.34. The summed E-state index contributed by atoms with van der Waals surface area (Å²) in [5.74, 6) is 0.316. The molecule has 26 heavy (non-hydrogen) atoms. The second kappa shape index (κ2) is 7.51. The molecule has 0 aliphatic carbocycles. The number of nitrogens with one attached hydrogen (secondary N) is 1. The Morgan fingerprint density at radius 1 is 1.00 bits per heavy atom. The fourth-order valence-electron chi connectivity index (χ4n) is 2.95. The predicted octanol–water partition coefficient (Wildman–Crippen LogP) is 2.14. The number of rotatable bonds is 3. The molecule has 3 rings (SSSR count). The number of amides is 2. The Labute approximate surface area is 153 Å². The van der Waals surface area contributed by atoms with Crippen LogP contribution in [0.2, 0.25) is 0 Å². The highest BCUT2D eigenvalue weighted by Crippen LogP contribution is 2.18. The van der Waals surface area contributed by atoms with E-state index in [2.05, 4.69) is 15.3 Å². The molecule has 0 unspecified atom stereocenters. The molecule has 0 saturated carbocycles. The van der Waals surface area contributed by atoms with Gasteiger partial charge in [-0.2, -0.15) is 0 Å². The molecule has 7 nitrogen and oxygen atoms in total. The fraction of sp³-hybridized carbons (Fsp3) is 0.368. The van der Waals surface area contributed by atoms with Crippen molar-refractivity contribution >= 4 is 23.5 Å². The summed E-state index contributed by atoms with van der Waals surface area (Å²) in [6.45, 7) is 7.53. The molecule has 136 valence electrons. The summed E-state index contributed by atoms with van der Waals surface area (Å²) < 4.78 is 0. The van der Waals surface area contributed by atoms with Crippen LogP contribution in [0.25, 0.3) is 0 Å². The van der Waals surface area contributed by atoms with Gasteiger partial charge in [0.2, 0.25) is 11.9 Å². The third kappa shape index (κ3) is 3.99. The van der Waals surface area contributed by atoms with E-state index in [1.807, 2.05) is 38.1 Å². The third-order valence-electron chi connectivity index (χ3n) is 4.48. The first-order valence-electron chi connectivity index (χ1n) is 8.67. The van der Waals surface area contributed by atoms with Gasteiger partial charge in [0.25, 0.3) is 5.91 Å². The average molecular weight is 353 g/mol. The van der Waals surface area contributed by atoms with Crippen molar-refractivity contribution in [1.29, 1.82) is 0 Å². The molecule has 1 aromatic carbocycles. The minimum atomic E-state index is -0.133. The van der Waals surface area contributed by atoms with Gasteiger partial charge in [-0.05, 0) is 31.5 Å². The van der Waals surface area contributed by atoms with Crippen molar-refractivity contribution in [1.82, 2.24) is 19.8 Å². The van der Waals surface area contributed by atoms with Gasteiger partial charge < -0.3 is 15.1 Å². The Hall–Kier alpha value is -2.96. The van der Waals surface area contributed by atoms with Crippen molar-refractivity contribution in [3.63, 3.8) is 0 Å². The van der Waals surface area contributed by atoms with Gasteiger partial charge in [0.05, 0.1) is 0 Å². The van der Waals surface area contributed by atoms with Crippen molar-refractivity contribution < 1.29 is 9.59 Å². The number of nitrogens with zero attached hydrogens (tertiary/aromatic N) is 4. The summed E-state index contributed by atoms with van der Waals surface area (Å²) >= 11 is 0. The maximum atomic E-state index is 12.8. The van der Waals surface area contributed by atoms with E-state index in [4.69, 9.17) is 0 Å². The lowest BCUT2D eigenvalue weighted by Crippen LogP contribution is -2.50. The van der Waals surface area contributed by atoms with E-state index < -0.39 is 0 Å². The van der Waals surface area contributed by atoms with Crippen molar-refractivity contribution in [3.8, 4) is 0 Å². The number of carbonyl (C=O) groups excluding carboxylic acids is 2. The van der Waals surface area contributed by atoms with Gasteiger partial charge in [-0.25, -0.2) is 9.97 Å². The zero-order valence-electron chi connectivity index (χ0n) is 15.3. The first kappa shape index (κ1) is 17.8. The number of piperazine rings is 1. The van der Waals surface area contributed by atoms with Crippen molar-refractivity contribution in [2.75, 3.05) is 31.5 Å². The van der Waals surface area contributed by atoms with E-state index in [0.717, 1.165) is 16.9 Å². The number of aryl methyl sites for hydroxylation is 2. The molecule has 1 aliphatic rings. The summed E-state index contributed by atoms with van der Waals surface area (Å²) in [6.07, 6.45) is 0. The van der Waals surface area contributed by atoms with Crippen LogP contribution in [0.4, 0.5) is 11.6 Å². The Balaban J connectivity index is 1.76. The van der Waals surface area contributed by atoms with Gasteiger partial charge in [-0.15, -0.1) is 0 Å². The van der Waals surface area contributed by atoms with E-state index in [1.54, 1.807) is 22.8 Å². The number of hydrogen-bond acceptors (Lipinski definition) is 5. The Morgan fingerprint density at radius 2 is 1.65 bits per heavy atom. The zero-order valence-corrected chi connectivity index (χ0v) is 15.3. The summed E-state index contributed by atoms with van der Waals surface area (Å²) in [7, 11) is 0. The van der Waals surface area contributed by atoms with Crippen molar-refractivity contribution in [2.45, 2.75) is 20.8 Å². The molecule has 0 spiro atoms. The van der Waals surface area contributed by atoms with E-state index in [1.165, 1.54) is 0 Å². The topological polar surface area (TPSA) is 78.4 Å². The van der Waals surface area contributed by atoms with Crippen molar-refractivity contribution in [2.24, 2.45) is 0 Å². The van der Waals surface area contributed by atoms with Crippen LogP contribution in [0, 0.1) is 13.8 Å². The third-order valence-corrected chi connectivity index (χ3v) is 4.48. The van der Waals surface area contributed by atoms with Crippen molar-refractivity contribution in [3.05, 3.63) is 47.3 Å². The molecule has 2 aromatic rings. The number of para-hydroxylation sites is 1. The van der Waals surface area contributed by atoms with E-state index in [-0.39, 0.29) is 11.8 Å². The lowest BCUT2D eigenvalue weighted by molar-refractivity contribution is -0.130. The monoisotopic (exact) mass is 353 g/mol. The standard InChI is InChI=1S/C19H23N5O2/c1-13-6-4-5-7-16(13)21-19-20-14(2)12-17(22-19)18(26)24-10-8-23(9-11-24)15(3)25/h4-7,12H,8-11H2,1-3H3,(H,20,21,22). The molecule has 2 amide bonds. The maximum Gasteiger partial charge on any atom is 0.272 e. The maximum absolute atomic E-state index is 12.8. The fourth-order valence-corrected chi connectivity index (χ4v) is 2.95. The number of carbonyl (C=O) groups is 2. The highest BCUT2D eigenvalue weighted by atomic mass is 16.2. The van der Waals surface area contributed by atoms with E-state index >= 15 is 0 Å². The molecule has 1 aliphatic heterocycles. The van der Waals surface area contributed by atoms with Crippen LogP contribution in [-0.2, 0) is 4.79 Å². The van der Waals surface area contributed by atoms with Gasteiger partial charge in [-0.1, -0.05) is 18.2 Å². The lowest BCUT2D eigenvalue weighted by atomic mass is 10.2. The quantitative estimate of drug-likeness (QED) is 0.915. The summed E-state index contributed by atoms with van der Waals surface area (Å²) in [4.78, 5) is 36.5. The SMILES string of the molecule is CC(=O)N1CCN(C(=O)c2cc(C)nc(Nc3ccccc3C)n2)CC1. The first-order valence-corrected chi connectivity index (χ1v) is 8.67. The van der Waals surface area contributed by atoms with E-state index in [0.29, 0.717) is 37.8 Å². The second-order valence-corrected chi connectivity index (χ2v) is 6.46. The van der Waals surface area contributed by atoms with Crippen LogP contribution >= 0.6 is 0 Å². The van der Waals surface area contributed by atoms with Crippen LogP contribution in [0.1, 0.15) is 28.7 Å². The predicted molar refractivity (Wildman–Crippen MR) is 99.4 cm³/mol. The Bertz CT molecular complexity index is 828.